The van der Waals surface area contributed by atoms with Crippen molar-refractivity contribution in [3.8, 4) is 0 Å². The Morgan fingerprint density at radius 3 is 2.88 bits per heavy atom. The predicted octanol–water partition coefficient (Wildman–Crippen LogP) is 2.48. The summed E-state index contributed by atoms with van der Waals surface area (Å²) in [6.07, 6.45) is 1.37. The van der Waals surface area contributed by atoms with Crippen molar-refractivity contribution in [1.82, 2.24) is 14.8 Å². The van der Waals surface area contributed by atoms with E-state index in [-0.39, 0.29) is 5.91 Å². The lowest BCUT2D eigenvalue weighted by atomic mass is 10.2. The Kier molecular flexibility index (Phi) is 3.44. The standard InChI is InChI=1S/C10H8BrClN4O/c1-16-10(13-5-14-16)15-9(17)6-2-3-7(11)8(12)4-6/h2-5H,1H3,(H,13,14,15,17). The molecule has 0 spiro atoms. The first-order chi connectivity index (χ1) is 8.08. The lowest BCUT2D eigenvalue weighted by molar-refractivity contribution is 0.102. The summed E-state index contributed by atoms with van der Waals surface area (Å²) in [5, 5.41) is 6.96. The molecule has 2 aromatic rings. The first kappa shape index (κ1) is 12.1. The van der Waals surface area contributed by atoms with Crippen molar-refractivity contribution in [2.75, 3.05) is 5.32 Å². The number of amides is 1. The van der Waals surface area contributed by atoms with E-state index in [1.165, 1.54) is 11.0 Å². The summed E-state index contributed by atoms with van der Waals surface area (Å²) in [6, 6.07) is 4.97. The SMILES string of the molecule is Cn1ncnc1NC(=O)c1ccc(Br)c(Cl)c1. The van der Waals surface area contributed by atoms with Crippen LogP contribution in [0.1, 0.15) is 10.4 Å². The molecule has 0 saturated heterocycles. The lowest BCUT2D eigenvalue weighted by Crippen LogP contribution is -2.15. The minimum Gasteiger partial charge on any atom is -0.291 e. The molecular weight excluding hydrogens is 307 g/mol. The topological polar surface area (TPSA) is 59.8 Å². The average molecular weight is 316 g/mol. The number of hydrogen-bond donors (Lipinski definition) is 1. The predicted molar refractivity (Wildman–Crippen MR) is 68.1 cm³/mol. The van der Waals surface area contributed by atoms with Crippen LogP contribution in [0.3, 0.4) is 0 Å². The highest BCUT2D eigenvalue weighted by Gasteiger charge is 2.10. The highest BCUT2D eigenvalue weighted by molar-refractivity contribution is 9.10. The molecule has 2 rings (SSSR count). The first-order valence-corrected chi connectivity index (χ1v) is 5.85. The third kappa shape index (κ3) is 2.65. The highest BCUT2D eigenvalue weighted by atomic mass is 79.9. The molecule has 1 N–H and O–H groups in total. The van der Waals surface area contributed by atoms with Crippen LogP contribution in [-0.2, 0) is 7.05 Å². The maximum atomic E-state index is 11.9. The number of hydrogen-bond acceptors (Lipinski definition) is 3. The van der Waals surface area contributed by atoms with Crippen LogP contribution in [0, 0.1) is 0 Å². The van der Waals surface area contributed by atoms with Gasteiger partial charge in [-0.2, -0.15) is 10.1 Å². The largest absolute Gasteiger partial charge is 0.291 e. The third-order valence-corrected chi connectivity index (χ3v) is 3.35. The van der Waals surface area contributed by atoms with Crippen molar-refractivity contribution >= 4 is 39.4 Å². The Balaban J connectivity index is 2.20. The number of carbonyl (C=O) groups excluding carboxylic acids is 1. The van der Waals surface area contributed by atoms with E-state index in [2.05, 4.69) is 31.3 Å². The first-order valence-electron chi connectivity index (χ1n) is 4.68. The van der Waals surface area contributed by atoms with Crippen LogP contribution in [0.25, 0.3) is 0 Å². The smallest absolute Gasteiger partial charge is 0.258 e. The molecule has 17 heavy (non-hydrogen) atoms. The molecule has 0 radical (unpaired) electrons. The summed E-state index contributed by atoms with van der Waals surface area (Å²) < 4.78 is 2.22. The van der Waals surface area contributed by atoms with Gasteiger partial charge in [0, 0.05) is 17.1 Å². The average Bonchev–Trinajstić information content (AvgIpc) is 2.68. The van der Waals surface area contributed by atoms with E-state index in [4.69, 9.17) is 11.6 Å². The van der Waals surface area contributed by atoms with Crippen molar-refractivity contribution in [2.45, 2.75) is 0 Å². The van der Waals surface area contributed by atoms with Gasteiger partial charge in [0.2, 0.25) is 5.95 Å². The van der Waals surface area contributed by atoms with E-state index in [0.717, 1.165) is 4.47 Å². The van der Waals surface area contributed by atoms with Crippen molar-refractivity contribution in [3.05, 3.63) is 39.6 Å². The van der Waals surface area contributed by atoms with Gasteiger partial charge in [0.15, 0.2) is 0 Å². The van der Waals surface area contributed by atoms with Crippen molar-refractivity contribution in [1.29, 1.82) is 0 Å². The van der Waals surface area contributed by atoms with E-state index < -0.39 is 0 Å². The number of benzene rings is 1. The molecule has 0 saturated carbocycles. The molecule has 0 aliphatic heterocycles. The molecule has 0 fully saturated rings. The molecule has 1 amide bonds. The van der Waals surface area contributed by atoms with E-state index in [0.29, 0.717) is 16.5 Å². The molecule has 88 valence electrons. The molecule has 7 heteroatoms. The normalized spacial score (nSPS) is 10.3. The number of anilines is 1. The van der Waals surface area contributed by atoms with Gasteiger partial charge in [-0.1, -0.05) is 11.6 Å². The van der Waals surface area contributed by atoms with Gasteiger partial charge in [-0.05, 0) is 34.1 Å². The minimum atomic E-state index is -0.282. The molecule has 0 aliphatic rings. The Labute approximate surface area is 111 Å². The summed E-state index contributed by atoms with van der Waals surface area (Å²) in [5.41, 5.74) is 0.459. The molecule has 1 aromatic carbocycles. The van der Waals surface area contributed by atoms with Crippen LogP contribution >= 0.6 is 27.5 Å². The number of carbonyl (C=O) groups is 1. The van der Waals surface area contributed by atoms with Gasteiger partial charge >= 0.3 is 0 Å². The maximum Gasteiger partial charge on any atom is 0.258 e. The summed E-state index contributed by atoms with van der Waals surface area (Å²) in [6.45, 7) is 0. The fourth-order valence-electron chi connectivity index (χ4n) is 1.22. The van der Waals surface area contributed by atoms with Gasteiger partial charge in [-0.15, -0.1) is 0 Å². The second kappa shape index (κ2) is 4.85. The fourth-order valence-corrected chi connectivity index (χ4v) is 1.65. The van der Waals surface area contributed by atoms with Crippen LogP contribution in [0.4, 0.5) is 5.95 Å². The second-order valence-corrected chi connectivity index (χ2v) is 4.55. The molecule has 0 unspecified atom stereocenters. The number of rotatable bonds is 2. The zero-order valence-corrected chi connectivity index (χ0v) is 11.2. The fraction of sp³-hybridized carbons (Fsp3) is 0.100. The number of nitrogens with one attached hydrogen (secondary N) is 1. The van der Waals surface area contributed by atoms with E-state index >= 15 is 0 Å². The summed E-state index contributed by atoms with van der Waals surface area (Å²) in [5.74, 6) is 0.101. The number of aryl methyl sites for hydroxylation is 1. The zero-order valence-electron chi connectivity index (χ0n) is 8.82. The Bertz CT molecular complexity index is 569. The van der Waals surface area contributed by atoms with Crippen molar-refractivity contribution in [2.24, 2.45) is 7.05 Å². The summed E-state index contributed by atoms with van der Waals surface area (Å²) in [7, 11) is 1.69. The van der Waals surface area contributed by atoms with Crippen LogP contribution < -0.4 is 5.32 Å². The van der Waals surface area contributed by atoms with E-state index in [9.17, 15) is 4.79 Å². The molecule has 1 heterocycles. The number of halogens is 2. The molecule has 0 atom stereocenters. The third-order valence-electron chi connectivity index (χ3n) is 2.12. The molecular formula is C10H8BrClN4O. The lowest BCUT2D eigenvalue weighted by Gasteiger charge is -2.04. The Hall–Kier alpha value is -1.40. The van der Waals surface area contributed by atoms with Crippen LogP contribution in [0.15, 0.2) is 29.0 Å². The summed E-state index contributed by atoms with van der Waals surface area (Å²) in [4.78, 5) is 15.8. The maximum absolute atomic E-state index is 11.9. The van der Waals surface area contributed by atoms with Gasteiger partial charge in [-0.3, -0.25) is 10.1 Å². The molecule has 0 aliphatic carbocycles. The van der Waals surface area contributed by atoms with Gasteiger partial charge in [-0.25, -0.2) is 4.68 Å². The number of nitrogens with zero attached hydrogens (tertiary/aromatic N) is 3. The van der Waals surface area contributed by atoms with Gasteiger partial charge in [0.25, 0.3) is 5.91 Å². The monoisotopic (exact) mass is 314 g/mol. The van der Waals surface area contributed by atoms with Crippen molar-refractivity contribution in [3.63, 3.8) is 0 Å². The summed E-state index contributed by atoms with van der Waals surface area (Å²) >= 11 is 9.17. The van der Waals surface area contributed by atoms with Crippen LogP contribution in [-0.4, -0.2) is 20.7 Å². The molecule has 5 nitrogen and oxygen atoms in total. The van der Waals surface area contributed by atoms with Gasteiger partial charge in [0.1, 0.15) is 6.33 Å². The molecule has 1 aromatic heterocycles. The van der Waals surface area contributed by atoms with Crippen LogP contribution in [0.2, 0.25) is 5.02 Å². The van der Waals surface area contributed by atoms with Crippen molar-refractivity contribution < 1.29 is 4.79 Å². The Morgan fingerprint density at radius 2 is 2.29 bits per heavy atom. The van der Waals surface area contributed by atoms with Gasteiger partial charge in [0.05, 0.1) is 5.02 Å². The van der Waals surface area contributed by atoms with E-state index in [1.54, 1.807) is 25.2 Å². The second-order valence-electron chi connectivity index (χ2n) is 3.29. The van der Waals surface area contributed by atoms with Crippen LogP contribution in [0.5, 0.6) is 0 Å². The quantitative estimate of drug-likeness (QED) is 0.926. The minimum absolute atomic E-state index is 0.282. The van der Waals surface area contributed by atoms with Gasteiger partial charge < -0.3 is 0 Å². The van der Waals surface area contributed by atoms with E-state index in [1.807, 2.05) is 0 Å². The highest BCUT2D eigenvalue weighted by Crippen LogP contribution is 2.23. The zero-order chi connectivity index (χ0) is 12.4. The number of aromatic nitrogens is 3. The molecule has 0 bridgehead atoms. The Morgan fingerprint density at radius 1 is 1.53 bits per heavy atom.